The highest BCUT2D eigenvalue weighted by atomic mass is 32.2. The number of guanidine groups is 1. The molecule has 2 heterocycles. The number of hydrogen-bond acceptors (Lipinski definition) is 5. The Kier molecular flexibility index (Phi) is 6.71. The lowest BCUT2D eigenvalue weighted by atomic mass is 10.3. The molecule has 0 saturated carbocycles. The molecule has 2 N–H and O–H groups in total. The Labute approximate surface area is 146 Å². The molecule has 2 aromatic rings. The second-order valence-corrected chi connectivity index (χ2v) is 7.60. The molecule has 2 rings (SSSR count). The molecule has 0 aliphatic carbocycles. The molecule has 0 bridgehead atoms. The van der Waals surface area contributed by atoms with Crippen LogP contribution < -0.4 is 10.0 Å². The van der Waals surface area contributed by atoms with E-state index < -0.39 is 10.0 Å². The summed E-state index contributed by atoms with van der Waals surface area (Å²) in [4.78, 5) is 10.2. The highest BCUT2D eigenvalue weighted by molar-refractivity contribution is 7.89. The summed E-state index contributed by atoms with van der Waals surface area (Å²) in [5, 5.41) is 7.27. The molecule has 0 aliphatic rings. The molecule has 7 nitrogen and oxygen atoms in total. The van der Waals surface area contributed by atoms with Crippen LogP contribution in [0.4, 0.5) is 0 Å². The van der Waals surface area contributed by atoms with Gasteiger partial charge in [-0.15, -0.1) is 0 Å². The van der Waals surface area contributed by atoms with E-state index in [0.29, 0.717) is 12.5 Å². The molecule has 9 heteroatoms. The van der Waals surface area contributed by atoms with Crippen LogP contribution in [0.2, 0.25) is 0 Å². The maximum Gasteiger partial charge on any atom is 0.242 e. The van der Waals surface area contributed by atoms with E-state index in [4.69, 9.17) is 0 Å². The van der Waals surface area contributed by atoms with Gasteiger partial charge < -0.3 is 10.2 Å². The summed E-state index contributed by atoms with van der Waals surface area (Å²) in [5.74, 6) is 0.710. The van der Waals surface area contributed by atoms with Crippen LogP contribution in [0.25, 0.3) is 0 Å². The van der Waals surface area contributed by atoms with Gasteiger partial charge in [-0.05, 0) is 34.5 Å². The third-order valence-electron chi connectivity index (χ3n) is 3.22. The van der Waals surface area contributed by atoms with Gasteiger partial charge in [0.15, 0.2) is 5.96 Å². The third kappa shape index (κ3) is 5.29. The number of aliphatic imine (C=N–C) groups is 1. The average molecular weight is 368 g/mol. The molecule has 0 radical (unpaired) electrons. The van der Waals surface area contributed by atoms with E-state index >= 15 is 0 Å². The van der Waals surface area contributed by atoms with Crippen LogP contribution >= 0.6 is 11.3 Å². The minimum Gasteiger partial charge on any atom is -0.355 e. The molecule has 2 aromatic heterocycles. The van der Waals surface area contributed by atoms with Crippen LogP contribution in [0.15, 0.2) is 51.2 Å². The fraction of sp³-hybridized carbons (Fsp3) is 0.333. The zero-order valence-corrected chi connectivity index (χ0v) is 15.3. The molecule has 0 saturated heterocycles. The monoisotopic (exact) mass is 367 g/mol. The molecular weight excluding hydrogens is 346 g/mol. The van der Waals surface area contributed by atoms with E-state index in [1.807, 2.05) is 17.3 Å². The van der Waals surface area contributed by atoms with Crippen LogP contribution in [0.5, 0.6) is 0 Å². The fourth-order valence-electron chi connectivity index (χ4n) is 2.07. The van der Waals surface area contributed by atoms with Gasteiger partial charge in [-0.3, -0.25) is 9.98 Å². The van der Waals surface area contributed by atoms with Crippen molar-refractivity contribution in [1.82, 2.24) is 19.9 Å². The molecule has 0 amide bonds. The molecular formula is C15H21N5O2S2. The van der Waals surface area contributed by atoms with Gasteiger partial charge >= 0.3 is 0 Å². The predicted molar refractivity (Wildman–Crippen MR) is 96.6 cm³/mol. The first-order valence-corrected chi connectivity index (χ1v) is 9.78. The summed E-state index contributed by atoms with van der Waals surface area (Å²) in [7, 11) is 0.107. The minimum absolute atomic E-state index is 0.156. The van der Waals surface area contributed by atoms with Gasteiger partial charge in [0.25, 0.3) is 0 Å². The lowest BCUT2D eigenvalue weighted by Gasteiger charge is -2.21. The van der Waals surface area contributed by atoms with Crippen LogP contribution in [-0.2, 0) is 16.6 Å². The summed E-state index contributed by atoms with van der Waals surface area (Å²) in [6, 6.07) is 5.17. The lowest BCUT2D eigenvalue weighted by molar-refractivity contribution is 0.477. The number of hydrogen-bond donors (Lipinski definition) is 2. The van der Waals surface area contributed by atoms with Crippen molar-refractivity contribution in [1.29, 1.82) is 0 Å². The molecule has 130 valence electrons. The smallest absolute Gasteiger partial charge is 0.242 e. The van der Waals surface area contributed by atoms with Crippen LogP contribution in [0.1, 0.15) is 5.56 Å². The Balaban J connectivity index is 1.80. The highest BCUT2D eigenvalue weighted by Crippen LogP contribution is 2.08. The summed E-state index contributed by atoms with van der Waals surface area (Å²) in [5.41, 5.74) is 1.21. The zero-order chi connectivity index (χ0) is 17.4. The average Bonchev–Trinajstić information content (AvgIpc) is 3.08. The van der Waals surface area contributed by atoms with Gasteiger partial charge in [0.1, 0.15) is 4.90 Å². The van der Waals surface area contributed by atoms with Crippen molar-refractivity contribution < 1.29 is 8.42 Å². The Morgan fingerprint density at radius 1 is 1.38 bits per heavy atom. The van der Waals surface area contributed by atoms with Crippen molar-refractivity contribution in [3.63, 3.8) is 0 Å². The van der Waals surface area contributed by atoms with Crippen molar-refractivity contribution >= 4 is 27.3 Å². The first-order chi connectivity index (χ1) is 11.5. The summed E-state index contributed by atoms with van der Waals surface area (Å²) < 4.78 is 26.7. The zero-order valence-electron chi connectivity index (χ0n) is 13.6. The Hall–Kier alpha value is -1.97. The summed E-state index contributed by atoms with van der Waals surface area (Å²) >= 11 is 1.65. The largest absolute Gasteiger partial charge is 0.355 e. The van der Waals surface area contributed by atoms with Crippen molar-refractivity contribution in [2.24, 2.45) is 4.99 Å². The van der Waals surface area contributed by atoms with E-state index in [9.17, 15) is 8.42 Å². The standard InChI is InChI=1S/C15H21N5O2S2/c1-16-15(20(2)11-13-5-9-23-12-13)18-7-8-19-24(21,22)14-4-3-6-17-10-14/h3-6,9-10,12,19H,7-8,11H2,1-2H3,(H,16,18). The van der Waals surface area contributed by atoms with E-state index in [1.165, 1.54) is 24.0 Å². The highest BCUT2D eigenvalue weighted by Gasteiger charge is 2.13. The second kappa shape index (κ2) is 8.76. The van der Waals surface area contributed by atoms with Gasteiger partial charge in [-0.25, -0.2) is 13.1 Å². The number of nitrogens with one attached hydrogen (secondary N) is 2. The maximum atomic E-state index is 12.1. The molecule has 0 atom stereocenters. The van der Waals surface area contributed by atoms with Crippen molar-refractivity contribution in [2.45, 2.75) is 11.4 Å². The topological polar surface area (TPSA) is 86.7 Å². The van der Waals surface area contributed by atoms with E-state index in [0.717, 1.165) is 6.54 Å². The second-order valence-electron chi connectivity index (χ2n) is 5.05. The third-order valence-corrected chi connectivity index (χ3v) is 5.40. The van der Waals surface area contributed by atoms with Crippen molar-refractivity contribution in [3.8, 4) is 0 Å². The molecule has 0 unspecified atom stereocenters. The summed E-state index contributed by atoms with van der Waals surface area (Å²) in [6.07, 6.45) is 2.86. The first kappa shape index (κ1) is 18.4. The Morgan fingerprint density at radius 2 is 2.21 bits per heavy atom. The van der Waals surface area contributed by atoms with Crippen LogP contribution in [0, 0.1) is 0 Å². The van der Waals surface area contributed by atoms with Gasteiger partial charge in [-0.1, -0.05) is 0 Å². The van der Waals surface area contributed by atoms with E-state index in [2.05, 4.69) is 31.5 Å². The van der Waals surface area contributed by atoms with Gasteiger partial charge in [0.05, 0.1) is 0 Å². The van der Waals surface area contributed by atoms with E-state index in [-0.39, 0.29) is 11.4 Å². The molecule has 0 fully saturated rings. The SMILES string of the molecule is CN=C(NCCNS(=O)(=O)c1cccnc1)N(C)Cc1ccsc1. The lowest BCUT2D eigenvalue weighted by Crippen LogP contribution is -2.42. The first-order valence-electron chi connectivity index (χ1n) is 7.35. The number of aromatic nitrogens is 1. The normalized spacial score (nSPS) is 12.2. The quantitative estimate of drug-likeness (QED) is 0.435. The number of nitrogens with zero attached hydrogens (tertiary/aromatic N) is 3. The van der Waals surface area contributed by atoms with Crippen LogP contribution in [-0.4, -0.2) is 51.4 Å². The fourth-order valence-corrected chi connectivity index (χ4v) is 3.72. The minimum atomic E-state index is -3.53. The Morgan fingerprint density at radius 3 is 2.83 bits per heavy atom. The predicted octanol–water partition coefficient (Wildman–Crippen LogP) is 1.13. The molecule has 24 heavy (non-hydrogen) atoms. The number of thiophene rings is 1. The van der Waals surface area contributed by atoms with Crippen LogP contribution in [0.3, 0.4) is 0 Å². The molecule has 0 aromatic carbocycles. The number of sulfonamides is 1. The number of pyridine rings is 1. The molecule has 0 aliphatic heterocycles. The van der Waals surface area contributed by atoms with Gasteiger partial charge in [-0.2, -0.15) is 11.3 Å². The molecule has 0 spiro atoms. The van der Waals surface area contributed by atoms with E-state index in [1.54, 1.807) is 24.5 Å². The van der Waals surface area contributed by atoms with Crippen molar-refractivity contribution in [2.75, 3.05) is 27.2 Å². The summed E-state index contributed by atoms with van der Waals surface area (Å²) in [6.45, 7) is 1.42. The maximum absolute atomic E-state index is 12.1. The number of rotatable bonds is 7. The van der Waals surface area contributed by atoms with Gasteiger partial charge in [0.2, 0.25) is 10.0 Å². The Bertz CT molecular complexity index is 745. The van der Waals surface area contributed by atoms with Gasteiger partial charge in [0, 0.05) is 46.1 Å². The van der Waals surface area contributed by atoms with Crippen molar-refractivity contribution in [3.05, 3.63) is 46.9 Å².